The number of carbonyl (C=O) groups is 3. The smallest absolute Gasteiger partial charge is 0.420 e. The van der Waals surface area contributed by atoms with Crippen LogP contribution in [0.2, 0.25) is 0 Å². The average molecular weight is 579 g/mol. The Balaban J connectivity index is 2.38. The molecule has 0 spiro atoms. The standard InChI is InChI=1S/C21H34N6O9S2/c1-20(2,3)34-18(29)24-17(22)26(19(30)35-21(4,5)6)11-15-23-13-9-25(7)10-14(16(13)37-15)27(12-28)36-38(31,32)33-8/h12,14H,9-11H2,1-8H3,(H2,22,24,29). The Hall–Kier alpha value is -2.86. The van der Waals surface area contributed by atoms with Crippen molar-refractivity contribution in [2.45, 2.75) is 71.9 Å². The van der Waals surface area contributed by atoms with Gasteiger partial charge in [-0.15, -0.1) is 15.6 Å². The van der Waals surface area contributed by atoms with Crippen LogP contribution in [-0.4, -0.2) is 84.7 Å². The molecule has 1 unspecified atom stereocenters. The molecular weight excluding hydrogens is 544 g/mol. The van der Waals surface area contributed by atoms with E-state index in [1.807, 2.05) is 0 Å². The van der Waals surface area contributed by atoms with E-state index in [0.717, 1.165) is 23.3 Å². The number of nitrogens with one attached hydrogen (secondary N) is 2. The third-order valence-electron chi connectivity index (χ3n) is 4.57. The number of hydrogen-bond acceptors (Lipinski definition) is 13. The van der Waals surface area contributed by atoms with E-state index in [0.29, 0.717) is 27.2 Å². The van der Waals surface area contributed by atoms with Gasteiger partial charge in [0.2, 0.25) is 12.4 Å². The molecule has 2 heterocycles. The number of rotatable bonds is 7. The molecule has 17 heteroatoms. The van der Waals surface area contributed by atoms with Crippen LogP contribution in [0.4, 0.5) is 9.59 Å². The van der Waals surface area contributed by atoms with Crippen LogP contribution in [-0.2, 0) is 46.2 Å². The molecular formula is C21H34N6O9S2. The van der Waals surface area contributed by atoms with E-state index in [1.54, 1.807) is 53.5 Å². The number of ether oxygens (including phenoxy) is 2. The summed E-state index contributed by atoms with van der Waals surface area (Å²) in [7, 11) is -1.82. The molecule has 0 fully saturated rings. The summed E-state index contributed by atoms with van der Waals surface area (Å²) in [6.07, 6.45) is -1.63. The second-order valence-corrected chi connectivity index (χ2v) is 12.7. The largest absolute Gasteiger partial charge is 0.444 e. The third kappa shape index (κ3) is 9.16. The molecule has 0 aliphatic carbocycles. The molecule has 38 heavy (non-hydrogen) atoms. The van der Waals surface area contributed by atoms with E-state index < -0.39 is 45.8 Å². The van der Waals surface area contributed by atoms with E-state index in [4.69, 9.17) is 19.2 Å². The molecule has 0 saturated heterocycles. The van der Waals surface area contributed by atoms with Crippen LogP contribution in [0.3, 0.4) is 0 Å². The maximum atomic E-state index is 13.0. The fourth-order valence-corrected chi connectivity index (χ4v) is 4.74. The number of thiazole rings is 1. The lowest BCUT2D eigenvalue weighted by Crippen LogP contribution is -2.49. The second kappa shape index (κ2) is 11.9. The van der Waals surface area contributed by atoms with Crippen LogP contribution in [0.5, 0.6) is 0 Å². The third-order valence-corrected chi connectivity index (χ3v) is 6.51. The van der Waals surface area contributed by atoms with Gasteiger partial charge in [-0.1, -0.05) is 0 Å². The molecule has 214 valence electrons. The lowest BCUT2D eigenvalue weighted by molar-refractivity contribution is -0.154. The van der Waals surface area contributed by atoms with Crippen molar-refractivity contribution in [1.29, 1.82) is 5.41 Å². The van der Waals surface area contributed by atoms with Gasteiger partial charge in [0.15, 0.2) is 0 Å². The number of guanidine groups is 1. The molecule has 2 N–H and O–H groups in total. The molecule has 0 saturated carbocycles. The highest BCUT2D eigenvalue weighted by Gasteiger charge is 2.36. The molecule has 15 nitrogen and oxygen atoms in total. The Labute approximate surface area is 225 Å². The SMILES string of the molecule is COS(=O)(=O)ON(C=O)C1CN(C)Cc2nc(CN(C(=N)NC(=O)OC(C)(C)C)C(=O)OC(C)(C)C)sc21. The van der Waals surface area contributed by atoms with Gasteiger partial charge in [-0.25, -0.2) is 19.5 Å². The zero-order valence-corrected chi connectivity index (χ0v) is 24.2. The predicted octanol–water partition coefficient (Wildman–Crippen LogP) is 2.11. The fraction of sp³-hybridized carbons (Fsp3) is 0.667. The summed E-state index contributed by atoms with van der Waals surface area (Å²) in [6.45, 7) is 10.2. The number of alkyl carbamates (subject to hydrolysis) is 1. The summed E-state index contributed by atoms with van der Waals surface area (Å²) in [6, 6.07) is -0.855. The summed E-state index contributed by atoms with van der Waals surface area (Å²) in [5.41, 5.74) is -1.21. The molecule has 1 atom stereocenters. The normalized spacial score (nSPS) is 16.3. The maximum absolute atomic E-state index is 13.0. The van der Waals surface area contributed by atoms with E-state index in [2.05, 4.69) is 14.5 Å². The van der Waals surface area contributed by atoms with Crippen LogP contribution in [0, 0.1) is 5.41 Å². The molecule has 0 aromatic carbocycles. The number of hydroxylamine groups is 2. The van der Waals surface area contributed by atoms with Crippen molar-refractivity contribution in [1.82, 2.24) is 25.2 Å². The van der Waals surface area contributed by atoms with E-state index in [-0.39, 0.29) is 19.5 Å². The van der Waals surface area contributed by atoms with Crippen molar-refractivity contribution in [3.8, 4) is 0 Å². The van der Waals surface area contributed by atoms with Crippen molar-refractivity contribution in [2.75, 3.05) is 20.7 Å². The second-order valence-electron chi connectivity index (χ2n) is 10.3. The monoisotopic (exact) mass is 578 g/mol. The van der Waals surface area contributed by atoms with Crippen molar-refractivity contribution in [3.05, 3.63) is 15.6 Å². The predicted molar refractivity (Wildman–Crippen MR) is 135 cm³/mol. The Morgan fingerprint density at radius 2 is 1.82 bits per heavy atom. The molecule has 1 aliphatic heterocycles. The molecule has 1 aromatic rings. The van der Waals surface area contributed by atoms with Gasteiger partial charge in [-0.2, -0.15) is 13.5 Å². The van der Waals surface area contributed by atoms with Gasteiger partial charge in [0.1, 0.15) is 22.3 Å². The first-order valence-electron chi connectivity index (χ1n) is 11.3. The maximum Gasteiger partial charge on any atom is 0.420 e. The van der Waals surface area contributed by atoms with Gasteiger partial charge in [0, 0.05) is 13.1 Å². The number of amides is 3. The molecule has 1 aliphatic rings. The average Bonchev–Trinajstić information content (AvgIpc) is 3.14. The van der Waals surface area contributed by atoms with Crippen molar-refractivity contribution in [3.63, 3.8) is 0 Å². The first kappa shape index (κ1) is 31.4. The Morgan fingerprint density at radius 1 is 1.21 bits per heavy atom. The number of likely N-dealkylation sites (N-methyl/N-ethyl adjacent to an activating group) is 1. The number of hydrogen-bond donors (Lipinski definition) is 2. The first-order chi connectivity index (χ1) is 17.3. The summed E-state index contributed by atoms with van der Waals surface area (Å²) in [4.78, 5) is 44.6. The summed E-state index contributed by atoms with van der Waals surface area (Å²) in [5.74, 6) is -0.598. The first-order valence-corrected chi connectivity index (χ1v) is 13.5. The minimum Gasteiger partial charge on any atom is -0.444 e. The quantitative estimate of drug-likeness (QED) is 0.209. The molecule has 0 bridgehead atoms. The number of carbonyl (C=O) groups excluding carboxylic acids is 3. The molecule has 1 aromatic heterocycles. The minimum absolute atomic E-state index is 0.219. The number of aromatic nitrogens is 1. The van der Waals surface area contributed by atoms with E-state index in [1.165, 1.54) is 0 Å². The van der Waals surface area contributed by atoms with Crippen LogP contribution in [0.25, 0.3) is 0 Å². The lowest BCUT2D eigenvalue weighted by Gasteiger charge is -2.33. The van der Waals surface area contributed by atoms with Crippen LogP contribution < -0.4 is 5.32 Å². The van der Waals surface area contributed by atoms with Gasteiger partial charge in [-0.05, 0) is 48.6 Å². The van der Waals surface area contributed by atoms with Gasteiger partial charge in [0.25, 0.3) is 0 Å². The zero-order chi connectivity index (χ0) is 29.1. The highest BCUT2D eigenvalue weighted by Crippen LogP contribution is 2.35. The summed E-state index contributed by atoms with van der Waals surface area (Å²) in [5, 5.41) is 11.5. The van der Waals surface area contributed by atoms with E-state index in [9.17, 15) is 22.8 Å². The molecule has 3 amide bonds. The van der Waals surface area contributed by atoms with Crippen molar-refractivity contribution in [2.24, 2.45) is 0 Å². The minimum atomic E-state index is -4.47. The van der Waals surface area contributed by atoms with Gasteiger partial charge in [0.05, 0.1) is 24.2 Å². The molecule has 2 rings (SSSR count). The van der Waals surface area contributed by atoms with Crippen molar-refractivity contribution < 1.29 is 40.7 Å². The lowest BCUT2D eigenvalue weighted by atomic mass is 10.1. The Bertz CT molecular complexity index is 1160. The van der Waals surface area contributed by atoms with Crippen LogP contribution in [0.1, 0.15) is 63.2 Å². The summed E-state index contributed by atoms with van der Waals surface area (Å²) >= 11 is 1.09. The van der Waals surface area contributed by atoms with Crippen LogP contribution >= 0.6 is 11.3 Å². The molecule has 0 radical (unpaired) electrons. The van der Waals surface area contributed by atoms with E-state index >= 15 is 0 Å². The van der Waals surface area contributed by atoms with Gasteiger partial charge >= 0.3 is 22.6 Å². The zero-order valence-electron chi connectivity index (χ0n) is 22.6. The highest BCUT2D eigenvalue weighted by atomic mass is 32.3. The number of nitrogens with zero attached hydrogens (tertiary/aromatic N) is 4. The van der Waals surface area contributed by atoms with Crippen LogP contribution in [0.15, 0.2) is 0 Å². The Morgan fingerprint density at radius 3 is 2.34 bits per heavy atom. The Kier molecular flexibility index (Phi) is 9.82. The van der Waals surface area contributed by atoms with Gasteiger partial charge < -0.3 is 9.47 Å². The topological polar surface area (TPSA) is 181 Å². The highest BCUT2D eigenvalue weighted by molar-refractivity contribution is 7.81. The number of fused-ring (bicyclic) bond motifs is 1. The fourth-order valence-electron chi connectivity index (χ4n) is 3.18. The summed E-state index contributed by atoms with van der Waals surface area (Å²) < 4.78 is 43.2. The van der Waals surface area contributed by atoms with Crippen molar-refractivity contribution >= 4 is 46.3 Å². The van der Waals surface area contributed by atoms with Gasteiger partial charge in [-0.3, -0.25) is 24.6 Å².